The Morgan fingerprint density at radius 3 is 2.61 bits per heavy atom. The van der Waals surface area contributed by atoms with E-state index < -0.39 is 11.0 Å². The lowest BCUT2D eigenvalue weighted by atomic mass is 9.70. The van der Waals surface area contributed by atoms with Crippen molar-refractivity contribution in [2.75, 3.05) is 14.2 Å². The first kappa shape index (κ1) is 21.3. The van der Waals surface area contributed by atoms with E-state index in [1.54, 1.807) is 34.2 Å². The first-order valence-electron chi connectivity index (χ1n) is 10.6. The summed E-state index contributed by atoms with van der Waals surface area (Å²) in [5.74, 6) is 0.782. The van der Waals surface area contributed by atoms with Crippen LogP contribution in [0.25, 0.3) is 10.9 Å². The van der Waals surface area contributed by atoms with Crippen LogP contribution in [0.15, 0.2) is 35.3 Å². The zero-order valence-corrected chi connectivity index (χ0v) is 19.1. The number of hydrogen-bond donors (Lipinski definition) is 2. The van der Waals surface area contributed by atoms with Crippen LogP contribution in [-0.4, -0.2) is 41.8 Å². The molecular weight excluding hydrogens is 388 g/mol. The number of aliphatic imine (C=N–C) groups is 1. The number of carbonyl (C=O) groups excluding carboxylic acids is 1. The Bertz CT molecular complexity index is 1210. The van der Waals surface area contributed by atoms with Gasteiger partial charge in [-0.15, -0.1) is 0 Å². The van der Waals surface area contributed by atoms with Crippen molar-refractivity contribution in [3.63, 3.8) is 0 Å². The third-order valence-electron chi connectivity index (χ3n) is 6.30. The van der Waals surface area contributed by atoms with Gasteiger partial charge in [-0.25, -0.2) is 0 Å². The van der Waals surface area contributed by atoms with Gasteiger partial charge in [-0.05, 0) is 61.6 Å². The van der Waals surface area contributed by atoms with Crippen LogP contribution in [0.3, 0.4) is 0 Å². The van der Waals surface area contributed by atoms with Gasteiger partial charge in [-0.1, -0.05) is 26.0 Å². The lowest BCUT2D eigenvalue weighted by Gasteiger charge is -2.33. The third kappa shape index (κ3) is 3.57. The van der Waals surface area contributed by atoms with Gasteiger partial charge in [0, 0.05) is 40.8 Å². The van der Waals surface area contributed by atoms with Gasteiger partial charge in [0.25, 0.3) is 0 Å². The third-order valence-corrected chi connectivity index (χ3v) is 6.30. The van der Waals surface area contributed by atoms with E-state index in [-0.39, 0.29) is 5.78 Å². The molecule has 0 aliphatic heterocycles. The van der Waals surface area contributed by atoms with Gasteiger partial charge in [-0.3, -0.25) is 9.79 Å². The molecule has 0 amide bonds. The highest BCUT2D eigenvalue weighted by atomic mass is 16.5. The van der Waals surface area contributed by atoms with E-state index in [1.807, 2.05) is 30.3 Å². The molecule has 0 spiro atoms. The van der Waals surface area contributed by atoms with Crippen molar-refractivity contribution in [2.45, 2.75) is 51.6 Å². The second kappa shape index (κ2) is 7.34. The molecule has 0 saturated carbocycles. The molecule has 2 N–H and O–H groups in total. The van der Waals surface area contributed by atoms with Crippen LogP contribution in [0.2, 0.25) is 0 Å². The number of aromatic nitrogens is 1. The molecule has 0 atom stereocenters. The smallest absolute Gasteiger partial charge is 0.195 e. The van der Waals surface area contributed by atoms with E-state index in [9.17, 15) is 9.90 Å². The number of rotatable bonds is 5. The van der Waals surface area contributed by atoms with Crippen LogP contribution in [0.5, 0.6) is 5.75 Å². The van der Waals surface area contributed by atoms with Crippen LogP contribution in [0.1, 0.15) is 72.4 Å². The summed E-state index contributed by atoms with van der Waals surface area (Å²) in [5, 5.41) is 11.1. The molecule has 5 heteroatoms. The Morgan fingerprint density at radius 2 is 1.97 bits per heavy atom. The molecule has 162 valence electrons. The Kier molecular flexibility index (Phi) is 5.05. The number of methoxy groups -OCH3 is 1. The van der Waals surface area contributed by atoms with Gasteiger partial charge in [0.1, 0.15) is 5.75 Å². The van der Waals surface area contributed by atoms with E-state index in [2.05, 4.69) is 23.8 Å². The minimum atomic E-state index is -0.784. The number of aryl methyl sites for hydroxylation is 1. The van der Waals surface area contributed by atoms with Crippen molar-refractivity contribution in [3.8, 4) is 5.75 Å². The van der Waals surface area contributed by atoms with Crippen molar-refractivity contribution in [1.29, 1.82) is 0 Å². The van der Waals surface area contributed by atoms with Crippen LogP contribution < -0.4 is 4.74 Å². The maximum absolute atomic E-state index is 13.7. The molecule has 1 aliphatic rings. The summed E-state index contributed by atoms with van der Waals surface area (Å²) in [6, 6.07) is 9.98. The molecule has 4 rings (SSSR count). The highest BCUT2D eigenvalue weighted by molar-refractivity contribution is 6.20. The second-order valence-corrected chi connectivity index (χ2v) is 9.54. The van der Waals surface area contributed by atoms with Gasteiger partial charge in [0.05, 0.1) is 18.3 Å². The summed E-state index contributed by atoms with van der Waals surface area (Å²) in [6.07, 6.45) is 3.02. The fourth-order valence-corrected chi connectivity index (χ4v) is 4.57. The zero-order valence-electron chi connectivity index (χ0n) is 19.1. The van der Waals surface area contributed by atoms with Crippen LogP contribution in [-0.2, 0) is 11.8 Å². The summed E-state index contributed by atoms with van der Waals surface area (Å²) >= 11 is 0. The normalized spacial score (nSPS) is 15.4. The first-order chi connectivity index (χ1) is 14.6. The van der Waals surface area contributed by atoms with Gasteiger partial charge < -0.3 is 14.8 Å². The van der Waals surface area contributed by atoms with E-state index >= 15 is 0 Å². The monoisotopic (exact) mass is 418 g/mol. The number of hydrogen-bond acceptors (Lipinski definition) is 4. The highest BCUT2D eigenvalue weighted by Gasteiger charge is 2.40. The summed E-state index contributed by atoms with van der Waals surface area (Å²) < 4.78 is 5.68. The molecule has 1 aliphatic carbocycles. The number of fused-ring (bicyclic) bond motifs is 4. The van der Waals surface area contributed by atoms with Crippen LogP contribution in [0.4, 0.5) is 0 Å². The minimum Gasteiger partial charge on any atom is -0.496 e. The molecular formula is C26H30N2O3. The lowest BCUT2D eigenvalue weighted by Crippen LogP contribution is -2.30. The van der Waals surface area contributed by atoms with E-state index in [4.69, 9.17) is 4.74 Å². The van der Waals surface area contributed by atoms with Crippen molar-refractivity contribution in [3.05, 3.63) is 63.8 Å². The predicted molar refractivity (Wildman–Crippen MR) is 125 cm³/mol. The molecule has 31 heavy (non-hydrogen) atoms. The number of nitrogens with zero attached hydrogens (tertiary/aromatic N) is 1. The number of benzene rings is 2. The second-order valence-electron chi connectivity index (χ2n) is 9.54. The molecule has 0 radical (unpaired) electrons. The van der Waals surface area contributed by atoms with Crippen molar-refractivity contribution in [1.82, 2.24) is 4.98 Å². The summed E-state index contributed by atoms with van der Waals surface area (Å²) in [7, 11) is 3.40. The van der Waals surface area contributed by atoms with Gasteiger partial charge in [-0.2, -0.15) is 0 Å². The quantitative estimate of drug-likeness (QED) is 0.585. The van der Waals surface area contributed by atoms with Gasteiger partial charge in [0.15, 0.2) is 5.78 Å². The Balaban J connectivity index is 1.90. The number of nitrogens with one attached hydrogen (secondary N) is 1. The average molecular weight is 419 g/mol. The number of ketones is 1. The molecule has 0 saturated heterocycles. The number of H-pyrrole nitrogens is 1. The van der Waals surface area contributed by atoms with Gasteiger partial charge >= 0.3 is 0 Å². The number of aliphatic hydroxyl groups is 1. The Hall–Kier alpha value is -2.92. The highest BCUT2D eigenvalue weighted by Crippen LogP contribution is 2.45. The minimum absolute atomic E-state index is 0.0274. The largest absolute Gasteiger partial charge is 0.496 e. The fraction of sp³-hybridized carbons (Fsp3) is 0.385. The Labute approximate surface area is 183 Å². The topological polar surface area (TPSA) is 74.7 Å². The summed E-state index contributed by atoms with van der Waals surface area (Å²) in [6.45, 7) is 7.86. The van der Waals surface area contributed by atoms with E-state index in [0.29, 0.717) is 18.4 Å². The first-order valence-corrected chi connectivity index (χ1v) is 10.6. The summed E-state index contributed by atoms with van der Waals surface area (Å²) in [5.41, 5.74) is 5.03. The van der Waals surface area contributed by atoms with Crippen molar-refractivity contribution in [2.24, 2.45) is 4.99 Å². The molecule has 1 heterocycles. The number of aromatic amines is 1. The van der Waals surface area contributed by atoms with Crippen molar-refractivity contribution < 1.29 is 14.6 Å². The summed E-state index contributed by atoms with van der Waals surface area (Å²) in [4.78, 5) is 21.3. The lowest BCUT2D eigenvalue weighted by molar-refractivity contribution is 0.0712. The number of ether oxygens (including phenoxy) is 1. The molecule has 3 aromatic rings. The maximum Gasteiger partial charge on any atom is 0.195 e. The van der Waals surface area contributed by atoms with E-state index in [0.717, 1.165) is 44.6 Å². The van der Waals surface area contributed by atoms with Gasteiger partial charge in [0.2, 0.25) is 0 Å². The molecule has 1 aromatic heterocycles. The average Bonchev–Trinajstić information content (AvgIpc) is 3.10. The van der Waals surface area contributed by atoms with Crippen LogP contribution in [0, 0.1) is 0 Å². The fourth-order valence-electron chi connectivity index (χ4n) is 4.57. The maximum atomic E-state index is 13.7. The zero-order chi connectivity index (χ0) is 22.6. The van der Waals surface area contributed by atoms with E-state index in [1.165, 1.54) is 0 Å². The standard InChI is InChI=1S/C26H30N2O3/c1-25(2,30)10-9-16-12-18-19(13-21(16)31-6)26(3,4)24-22(23(18)29)17-8-7-15(14-27-5)11-20(17)28-24/h7-8,11-14,28,30H,9-10H2,1-6H3. The molecule has 0 bridgehead atoms. The molecule has 0 fully saturated rings. The van der Waals surface area contributed by atoms with Crippen LogP contribution >= 0.6 is 0 Å². The molecule has 5 nitrogen and oxygen atoms in total. The molecule has 0 unspecified atom stereocenters. The van der Waals surface area contributed by atoms with Crippen molar-refractivity contribution >= 4 is 22.9 Å². The molecule has 2 aromatic carbocycles. The SMILES string of the molecule is CN=Cc1ccc2c3c([nH]c2c1)C(C)(C)c1cc(OC)c(CCC(C)(C)O)cc1C3=O. The number of carbonyl (C=O) groups is 1. The Morgan fingerprint density at radius 1 is 1.23 bits per heavy atom. The predicted octanol–water partition coefficient (Wildman–Crippen LogP) is 4.80.